The third-order valence-corrected chi connectivity index (χ3v) is 2.66. The summed E-state index contributed by atoms with van der Waals surface area (Å²) in [6, 6.07) is 0.259. The van der Waals surface area contributed by atoms with Gasteiger partial charge in [0.15, 0.2) is 0 Å². The van der Waals surface area contributed by atoms with E-state index in [2.05, 4.69) is 25.9 Å². The quantitative estimate of drug-likeness (QED) is 0.722. The lowest BCUT2D eigenvalue weighted by molar-refractivity contribution is 0.294. The average molecular weight is 205 g/mol. The van der Waals surface area contributed by atoms with E-state index < -0.39 is 0 Å². The normalized spacial score (nSPS) is 25.9. The second kappa shape index (κ2) is 3.43. The van der Waals surface area contributed by atoms with Crippen LogP contribution in [0, 0.1) is 0 Å². The SMILES string of the molecule is c1cn(C2CCNC2n2ccnn2)nn1. The van der Waals surface area contributed by atoms with E-state index in [4.69, 9.17) is 0 Å². The number of nitrogens with one attached hydrogen (secondary N) is 1. The maximum Gasteiger partial charge on any atom is 0.126 e. The van der Waals surface area contributed by atoms with E-state index in [1.165, 1.54) is 0 Å². The summed E-state index contributed by atoms with van der Waals surface area (Å²) in [4.78, 5) is 0. The molecule has 0 aromatic carbocycles. The smallest absolute Gasteiger partial charge is 0.126 e. The van der Waals surface area contributed by atoms with Gasteiger partial charge in [0.1, 0.15) is 6.17 Å². The molecule has 1 aliphatic rings. The van der Waals surface area contributed by atoms with Crippen molar-refractivity contribution in [1.29, 1.82) is 0 Å². The van der Waals surface area contributed by atoms with E-state index in [0.717, 1.165) is 13.0 Å². The highest BCUT2D eigenvalue weighted by atomic mass is 15.5. The molecule has 2 atom stereocenters. The maximum absolute atomic E-state index is 4.02. The van der Waals surface area contributed by atoms with Crippen LogP contribution in [-0.4, -0.2) is 36.5 Å². The summed E-state index contributed by atoms with van der Waals surface area (Å²) >= 11 is 0. The Morgan fingerprint density at radius 3 is 2.47 bits per heavy atom. The van der Waals surface area contributed by atoms with E-state index >= 15 is 0 Å². The van der Waals surface area contributed by atoms with Crippen molar-refractivity contribution < 1.29 is 0 Å². The topological polar surface area (TPSA) is 73.5 Å². The van der Waals surface area contributed by atoms with Crippen LogP contribution in [0.3, 0.4) is 0 Å². The number of hydrogen-bond donors (Lipinski definition) is 1. The molecular weight excluding hydrogens is 194 g/mol. The van der Waals surface area contributed by atoms with E-state index in [9.17, 15) is 0 Å². The molecule has 7 nitrogen and oxygen atoms in total. The number of nitrogens with zero attached hydrogens (tertiary/aromatic N) is 6. The standard InChI is InChI=1S/C8H11N7/c1-2-9-8(15-6-4-11-13-15)7(1)14-5-3-10-12-14/h3-9H,1-2H2. The molecule has 3 heterocycles. The Labute approximate surface area is 86.1 Å². The summed E-state index contributed by atoms with van der Waals surface area (Å²) in [5.41, 5.74) is 0. The van der Waals surface area contributed by atoms with Gasteiger partial charge in [-0.15, -0.1) is 10.2 Å². The van der Waals surface area contributed by atoms with E-state index in [1.807, 2.05) is 21.8 Å². The second-order valence-electron chi connectivity index (χ2n) is 3.52. The number of rotatable bonds is 2. The molecule has 3 rings (SSSR count). The Kier molecular flexibility index (Phi) is 1.95. The Bertz CT molecular complexity index is 366. The number of aromatic nitrogens is 6. The molecule has 78 valence electrons. The van der Waals surface area contributed by atoms with Gasteiger partial charge in [-0.2, -0.15) is 0 Å². The van der Waals surface area contributed by atoms with Crippen LogP contribution in [-0.2, 0) is 0 Å². The zero-order chi connectivity index (χ0) is 10.1. The highest BCUT2D eigenvalue weighted by Gasteiger charge is 2.30. The van der Waals surface area contributed by atoms with E-state index in [1.54, 1.807) is 12.4 Å². The van der Waals surface area contributed by atoms with Crippen LogP contribution in [0.5, 0.6) is 0 Å². The van der Waals surface area contributed by atoms with Gasteiger partial charge in [0.05, 0.1) is 18.4 Å². The van der Waals surface area contributed by atoms with E-state index in [0.29, 0.717) is 0 Å². The van der Waals surface area contributed by atoms with Crippen molar-refractivity contribution in [2.45, 2.75) is 18.6 Å². The first-order chi connectivity index (χ1) is 7.45. The lowest BCUT2D eigenvalue weighted by Gasteiger charge is -2.18. The first-order valence-electron chi connectivity index (χ1n) is 4.90. The van der Waals surface area contributed by atoms with Gasteiger partial charge in [0, 0.05) is 12.4 Å². The Morgan fingerprint density at radius 1 is 1.07 bits per heavy atom. The lowest BCUT2D eigenvalue weighted by atomic mass is 10.2. The van der Waals surface area contributed by atoms with Crippen LogP contribution in [0.1, 0.15) is 18.6 Å². The number of hydrogen-bond acceptors (Lipinski definition) is 5. The molecule has 7 heteroatoms. The molecule has 0 radical (unpaired) electrons. The predicted octanol–water partition coefficient (Wildman–Crippen LogP) is -0.397. The first-order valence-corrected chi connectivity index (χ1v) is 4.90. The second-order valence-corrected chi connectivity index (χ2v) is 3.52. The maximum atomic E-state index is 4.02. The summed E-state index contributed by atoms with van der Waals surface area (Å²) in [5.74, 6) is 0. The van der Waals surface area contributed by atoms with Gasteiger partial charge in [-0.05, 0) is 13.0 Å². The zero-order valence-corrected chi connectivity index (χ0v) is 8.06. The molecule has 1 N–H and O–H groups in total. The largest absolute Gasteiger partial charge is 0.294 e. The first kappa shape index (κ1) is 8.54. The highest BCUT2D eigenvalue weighted by Crippen LogP contribution is 2.27. The van der Waals surface area contributed by atoms with Crippen LogP contribution >= 0.6 is 0 Å². The van der Waals surface area contributed by atoms with Gasteiger partial charge in [-0.25, -0.2) is 9.36 Å². The molecule has 15 heavy (non-hydrogen) atoms. The average Bonchev–Trinajstić information content (AvgIpc) is 3.01. The van der Waals surface area contributed by atoms with Crippen LogP contribution < -0.4 is 5.32 Å². The third-order valence-electron chi connectivity index (χ3n) is 2.66. The van der Waals surface area contributed by atoms with Gasteiger partial charge in [0.25, 0.3) is 0 Å². The summed E-state index contributed by atoms with van der Waals surface area (Å²) in [5, 5.41) is 19.0. The minimum absolute atomic E-state index is 0.120. The van der Waals surface area contributed by atoms with Gasteiger partial charge in [-0.3, -0.25) is 5.32 Å². The van der Waals surface area contributed by atoms with Gasteiger partial charge in [-0.1, -0.05) is 10.4 Å². The molecule has 2 aromatic heterocycles. The fraction of sp³-hybridized carbons (Fsp3) is 0.500. The summed E-state index contributed by atoms with van der Waals surface area (Å²) in [7, 11) is 0. The Morgan fingerprint density at radius 2 is 1.80 bits per heavy atom. The van der Waals surface area contributed by atoms with Gasteiger partial charge < -0.3 is 0 Å². The fourth-order valence-electron chi connectivity index (χ4n) is 1.98. The highest BCUT2D eigenvalue weighted by molar-refractivity contribution is 4.87. The third kappa shape index (κ3) is 1.40. The van der Waals surface area contributed by atoms with Crippen molar-refractivity contribution in [3.8, 4) is 0 Å². The molecule has 0 saturated carbocycles. The fourth-order valence-corrected chi connectivity index (χ4v) is 1.98. The lowest BCUT2D eigenvalue weighted by Crippen LogP contribution is -2.27. The molecular formula is C8H11N7. The van der Waals surface area contributed by atoms with Gasteiger partial charge >= 0.3 is 0 Å². The van der Waals surface area contributed by atoms with Crippen LogP contribution in [0.2, 0.25) is 0 Å². The molecule has 0 bridgehead atoms. The minimum Gasteiger partial charge on any atom is -0.294 e. The molecule has 1 aliphatic heterocycles. The van der Waals surface area contributed by atoms with Crippen molar-refractivity contribution in [2.75, 3.05) is 6.54 Å². The zero-order valence-electron chi connectivity index (χ0n) is 8.06. The molecule has 2 aromatic rings. The van der Waals surface area contributed by atoms with Crippen molar-refractivity contribution in [1.82, 2.24) is 35.3 Å². The van der Waals surface area contributed by atoms with Crippen molar-refractivity contribution >= 4 is 0 Å². The van der Waals surface area contributed by atoms with Crippen LogP contribution in [0.25, 0.3) is 0 Å². The van der Waals surface area contributed by atoms with Crippen molar-refractivity contribution in [3.63, 3.8) is 0 Å². The monoisotopic (exact) mass is 205 g/mol. The molecule has 0 aliphatic carbocycles. The molecule has 1 saturated heterocycles. The Hall–Kier alpha value is -1.76. The molecule has 1 fully saturated rings. The molecule has 2 unspecified atom stereocenters. The van der Waals surface area contributed by atoms with Crippen molar-refractivity contribution in [3.05, 3.63) is 24.8 Å². The molecule has 0 amide bonds. The van der Waals surface area contributed by atoms with E-state index in [-0.39, 0.29) is 12.2 Å². The van der Waals surface area contributed by atoms with Crippen LogP contribution in [0.4, 0.5) is 0 Å². The Balaban J connectivity index is 1.90. The molecule has 0 spiro atoms. The minimum atomic E-state index is 0.120. The van der Waals surface area contributed by atoms with Gasteiger partial charge in [0.2, 0.25) is 0 Å². The summed E-state index contributed by atoms with van der Waals surface area (Å²) < 4.78 is 3.69. The van der Waals surface area contributed by atoms with Crippen LogP contribution in [0.15, 0.2) is 24.8 Å². The summed E-state index contributed by atoms with van der Waals surface area (Å²) in [6.07, 6.45) is 8.24. The predicted molar refractivity (Wildman–Crippen MR) is 50.7 cm³/mol. The summed E-state index contributed by atoms with van der Waals surface area (Å²) in [6.45, 7) is 0.953. The van der Waals surface area contributed by atoms with Crippen molar-refractivity contribution in [2.24, 2.45) is 0 Å².